The lowest BCUT2D eigenvalue weighted by molar-refractivity contribution is -0.141. The Bertz CT molecular complexity index is 1500. The van der Waals surface area contributed by atoms with Gasteiger partial charge in [-0.05, 0) is 62.6 Å². The third-order valence-corrected chi connectivity index (χ3v) is 6.35. The van der Waals surface area contributed by atoms with E-state index in [2.05, 4.69) is 5.10 Å². The van der Waals surface area contributed by atoms with E-state index in [0.717, 1.165) is 6.07 Å². The van der Waals surface area contributed by atoms with Crippen LogP contribution in [0.5, 0.6) is 5.75 Å². The predicted octanol–water partition coefficient (Wildman–Crippen LogP) is 4.88. The summed E-state index contributed by atoms with van der Waals surface area (Å²) in [5, 5.41) is 4.76. The standard InChI is InChI=1S/C27H23F3N4O3/c1-32(2)13-14-33-25(35)19-6-4-5-18-21(12-11-20(24(18)19)26(33)36)34-22(15-23(31-34)27(28,29)30)16-7-9-17(37-3)10-8-16/h4-12,15H,13-14H2,1-3H3. The van der Waals surface area contributed by atoms with Gasteiger partial charge in [-0.25, -0.2) is 4.68 Å². The van der Waals surface area contributed by atoms with E-state index in [0.29, 0.717) is 45.4 Å². The Kier molecular flexibility index (Phi) is 5.99. The van der Waals surface area contributed by atoms with Crippen molar-refractivity contribution in [2.24, 2.45) is 0 Å². The van der Waals surface area contributed by atoms with Gasteiger partial charge in [0.1, 0.15) is 5.75 Å². The van der Waals surface area contributed by atoms with Gasteiger partial charge < -0.3 is 9.64 Å². The van der Waals surface area contributed by atoms with Crippen LogP contribution in [-0.2, 0) is 6.18 Å². The summed E-state index contributed by atoms with van der Waals surface area (Å²) < 4.78 is 47.5. The summed E-state index contributed by atoms with van der Waals surface area (Å²) in [4.78, 5) is 29.6. The topological polar surface area (TPSA) is 67.7 Å². The molecule has 0 atom stereocenters. The van der Waals surface area contributed by atoms with Crippen LogP contribution >= 0.6 is 0 Å². The number of methoxy groups -OCH3 is 1. The molecular weight excluding hydrogens is 485 g/mol. The number of likely N-dealkylation sites (N-methyl/N-ethyl adjacent to an activating group) is 1. The summed E-state index contributed by atoms with van der Waals surface area (Å²) in [6.07, 6.45) is -4.67. The average Bonchev–Trinajstić information content (AvgIpc) is 3.33. The minimum atomic E-state index is -4.67. The fourth-order valence-corrected chi connectivity index (χ4v) is 4.49. The Hall–Kier alpha value is -4.18. The lowest BCUT2D eigenvalue weighted by atomic mass is 9.93. The molecule has 37 heavy (non-hydrogen) atoms. The van der Waals surface area contributed by atoms with Crippen LogP contribution in [0, 0.1) is 0 Å². The maximum atomic E-state index is 13.7. The number of imide groups is 1. The average molecular weight is 509 g/mol. The van der Waals surface area contributed by atoms with Crippen molar-refractivity contribution in [3.8, 4) is 22.7 Å². The highest BCUT2D eigenvalue weighted by molar-refractivity contribution is 6.26. The lowest BCUT2D eigenvalue weighted by Gasteiger charge is -2.28. The number of benzene rings is 3. The fourth-order valence-electron chi connectivity index (χ4n) is 4.49. The number of carbonyl (C=O) groups excluding carboxylic acids is 2. The molecule has 0 saturated carbocycles. The van der Waals surface area contributed by atoms with Crippen molar-refractivity contribution in [1.82, 2.24) is 19.6 Å². The third kappa shape index (κ3) is 4.23. The first-order valence-corrected chi connectivity index (χ1v) is 11.5. The number of halogens is 3. The van der Waals surface area contributed by atoms with Gasteiger partial charge in [0, 0.05) is 40.6 Å². The summed E-state index contributed by atoms with van der Waals surface area (Å²) >= 11 is 0. The molecule has 0 saturated heterocycles. The zero-order chi connectivity index (χ0) is 26.5. The van der Waals surface area contributed by atoms with E-state index in [1.165, 1.54) is 16.7 Å². The monoisotopic (exact) mass is 508 g/mol. The van der Waals surface area contributed by atoms with Gasteiger partial charge >= 0.3 is 6.18 Å². The second-order valence-electron chi connectivity index (χ2n) is 8.98. The van der Waals surface area contributed by atoms with Crippen molar-refractivity contribution in [2.75, 3.05) is 34.3 Å². The normalized spacial score (nSPS) is 13.6. The lowest BCUT2D eigenvalue weighted by Crippen LogP contribution is -2.43. The molecule has 0 unspecified atom stereocenters. The van der Waals surface area contributed by atoms with Crippen molar-refractivity contribution in [2.45, 2.75) is 6.18 Å². The molecule has 0 aliphatic carbocycles. The molecule has 2 heterocycles. The first-order valence-electron chi connectivity index (χ1n) is 11.5. The summed E-state index contributed by atoms with van der Waals surface area (Å²) in [7, 11) is 5.19. The van der Waals surface area contributed by atoms with Gasteiger partial charge in [0.05, 0.1) is 18.5 Å². The number of hydrogen-bond acceptors (Lipinski definition) is 5. The third-order valence-electron chi connectivity index (χ3n) is 6.35. The molecular formula is C27H23F3N4O3. The van der Waals surface area contributed by atoms with E-state index in [9.17, 15) is 22.8 Å². The number of ether oxygens (including phenoxy) is 1. The van der Waals surface area contributed by atoms with E-state index >= 15 is 0 Å². The van der Waals surface area contributed by atoms with Gasteiger partial charge in [0.2, 0.25) is 0 Å². The molecule has 1 aliphatic rings. The number of aromatic nitrogens is 2. The number of amides is 2. The summed E-state index contributed by atoms with van der Waals surface area (Å²) in [6.45, 7) is 0.720. The number of rotatable bonds is 6. The summed E-state index contributed by atoms with van der Waals surface area (Å²) in [6, 6.07) is 15.7. The smallest absolute Gasteiger partial charge is 0.435 e. The van der Waals surface area contributed by atoms with Crippen LogP contribution in [0.25, 0.3) is 27.7 Å². The molecule has 0 radical (unpaired) electrons. The van der Waals surface area contributed by atoms with Gasteiger partial charge in [-0.2, -0.15) is 18.3 Å². The van der Waals surface area contributed by atoms with Gasteiger partial charge in [0.25, 0.3) is 11.8 Å². The minimum absolute atomic E-state index is 0.205. The van der Waals surface area contributed by atoms with Crippen LogP contribution in [0.2, 0.25) is 0 Å². The molecule has 0 bridgehead atoms. The highest BCUT2D eigenvalue weighted by Crippen LogP contribution is 2.38. The molecule has 0 N–H and O–H groups in total. The van der Waals surface area contributed by atoms with Crippen molar-refractivity contribution in [3.63, 3.8) is 0 Å². The molecule has 1 aromatic heterocycles. The highest BCUT2D eigenvalue weighted by Gasteiger charge is 2.37. The molecule has 10 heteroatoms. The van der Waals surface area contributed by atoms with Crippen LogP contribution in [0.4, 0.5) is 13.2 Å². The van der Waals surface area contributed by atoms with E-state index in [1.807, 2.05) is 19.0 Å². The second-order valence-corrected chi connectivity index (χ2v) is 8.98. The Labute approximate surface area is 210 Å². The van der Waals surface area contributed by atoms with Crippen LogP contribution in [0.3, 0.4) is 0 Å². The molecule has 4 aromatic rings. The minimum Gasteiger partial charge on any atom is -0.497 e. The highest BCUT2D eigenvalue weighted by atomic mass is 19.4. The number of hydrogen-bond donors (Lipinski definition) is 0. The molecule has 0 fully saturated rings. The molecule has 190 valence electrons. The van der Waals surface area contributed by atoms with Gasteiger partial charge in [-0.3, -0.25) is 14.5 Å². The van der Waals surface area contributed by atoms with Crippen LogP contribution in [0.1, 0.15) is 26.4 Å². The molecule has 5 rings (SSSR count). The number of alkyl halides is 3. The first kappa shape index (κ1) is 24.5. The molecule has 7 nitrogen and oxygen atoms in total. The largest absolute Gasteiger partial charge is 0.497 e. The zero-order valence-corrected chi connectivity index (χ0v) is 20.3. The van der Waals surface area contributed by atoms with E-state index < -0.39 is 23.7 Å². The first-order chi connectivity index (χ1) is 17.6. The second kappa shape index (κ2) is 9.04. The van der Waals surface area contributed by atoms with Crippen molar-refractivity contribution in [1.29, 1.82) is 0 Å². The Balaban J connectivity index is 1.71. The Morgan fingerprint density at radius 1 is 0.946 bits per heavy atom. The maximum Gasteiger partial charge on any atom is 0.435 e. The quantitative estimate of drug-likeness (QED) is 0.348. The van der Waals surface area contributed by atoms with E-state index in [-0.39, 0.29) is 12.2 Å². The van der Waals surface area contributed by atoms with Crippen LogP contribution < -0.4 is 4.74 Å². The molecule has 0 spiro atoms. The van der Waals surface area contributed by atoms with Crippen molar-refractivity contribution < 1.29 is 27.5 Å². The Morgan fingerprint density at radius 3 is 2.24 bits per heavy atom. The predicted molar refractivity (Wildman–Crippen MR) is 132 cm³/mol. The van der Waals surface area contributed by atoms with E-state index in [4.69, 9.17) is 4.74 Å². The van der Waals surface area contributed by atoms with Crippen LogP contribution in [-0.4, -0.2) is 65.7 Å². The maximum absolute atomic E-state index is 13.7. The van der Waals surface area contributed by atoms with Gasteiger partial charge in [0.15, 0.2) is 5.69 Å². The van der Waals surface area contributed by atoms with Crippen molar-refractivity contribution in [3.05, 3.63) is 77.5 Å². The van der Waals surface area contributed by atoms with E-state index in [1.54, 1.807) is 54.6 Å². The van der Waals surface area contributed by atoms with Crippen LogP contribution in [0.15, 0.2) is 60.7 Å². The SMILES string of the molecule is COc1ccc(-c2cc(C(F)(F)F)nn2-c2ccc3c4c(cccc24)C(=O)N(CCN(C)C)C3=O)cc1. The Morgan fingerprint density at radius 2 is 1.62 bits per heavy atom. The molecule has 3 aromatic carbocycles. The number of carbonyl (C=O) groups is 2. The fraction of sp³-hybridized carbons (Fsp3) is 0.222. The molecule has 2 amide bonds. The molecule has 1 aliphatic heterocycles. The summed E-state index contributed by atoms with van der Waals surface area (Å²) in [5.41, 5.74) is 0.608. The summed E-state index contributed by atoms with van der Waals surface area (Å²) in [5.74, 6) is -0.314. The van der Waals surface area contributed by atoms with Gasteiger partial charge in [-0.1, -0.05) is 12.1 Å². The van der Waals surface area contributed by atoms with Crippen molar-refractivity contribution >= 4 is 22.6 Å². The van der Waals surface area contributed by atoms with Gasteiger partial charge in [-0.15, -0.1) is 0 Å². The zero-order valence-electron chi connectivity index (χ0n) is 20.3. The number of nitrogens with zero attached hydrogens (tertiary/aromatic N) is 4.